The van der Waals surface area contributed by atoms with Crippen molar-refractivity contribution in [3.8, 4) is 0 Å². The molecule has 0 atom stereocenters. The molecule has 0 aliphatic rings. The number of ether oxygens (including phenoxy) is 1. The van der Waals surface area contributed by atoms with Gasteiger partial charge in [0.2, 0.25) is 5.62 Å². The van der Waals surface area contributed by atoms with E-state index < -0.39 is 6.09 Å². The second-order valence-electron chi connectivity index (χ2n) is 7.02. The maximum atomic E-state index is 12.9. The largest absolute Gasteiger partial charge is 0.443 e. The topological polar surface area (TPSA) is 65.6 Å². The Morgan fingerprint density at radius 2 is 1.55 bits per heavy atom. The number of nitrogens with zero attached hydrogens (tertiary/aromatic N) is 3. The standard InChI is InChI=1S/C24H20ClN3O3/c1-27-20-9-5-6-10-21(20)28(15-22(29)18-11-13-19(25)14-12-18)23(27)26-24(30)31-16-17-7-3-2-4-8-17/h2-14H,15-16H2,1H3. The van der Waals surface area contributed by atoms with Crippen molar-refractivity contribution in [1.29, 1.82) is 0 Å². The van der Waals surface area contributed by atoms with Crippen LogP contribution in [0.3, 0.4) is 0 Å². The molecule has 7 heteroatoms. The van der Waals surface area contributed by atoms with Gasteiger partial charge in [-0.1, -0.05) is 54.1 Å². The van der Waals surface area contributed by atoms with Crippen molar-refractivity contribution < 1.29 is 14.3 Å². The smallest absolute Gasteiger partial charge is 0.437 e. The summed E-state index contributed by atoms with van der Waals surface area (Å²) in [5, 5.41) is 0.561. The van der Waals surface area contributed by atoms with Crippen LogP contribution in [0.4, 0.5) is 4.79 Å². The highest BCUT2D eigenvalue weighted by Gasteiger charge is 2.15. The third-order valence-corrected chi connectivity index (χ3v) is 5.19. The van der Waals surface area contributed by atoms with Crippen LogP contribution in [0.1, 0.15) is 15.9 Å². The molecule has 156 valence electrons. The minimum Gasteiger partial charge on any atom is -0.443 e. The van der Waals surface area contributed by atoms with Crippen LogP contribution in [-0.4, -0.2) is 21.0 Å². The van der Waals surface area contributed by atoms with Gasteiger partial charge in [-0.2, -0.15) is 0 Å². The lowest BCUT2D eigenvalue weighted by Crippen LogP contribution is -2.28. The van der Waals surface area contributed by atoms with Gasteiger partial charge in [0.1, 0.15) is 6.61 Å². The molecule has 0 aliphatic heterocycles. The van der Waals surface area contributed by atoms with Crippen molar-refractivity contribution >= 4 is 34.5 Å². The number of aryl methyl sites for hydroxylation is 1. The SMILES string of the molecule is Cn1c(=NC(=O)OCc2ccccc2)n(CC(=O)c2ccc(Cl)cc2)c2ccccc21. The summed E-state index contributed by atoms with van der Waals surface area (Å²) in [5.74, 6) is -0.118. The van der Waals surface area contributed by atoms with Crippen molar-refractivity contribution in [2.45, 2.75) is 13.2 Å². The number of carbonyl (C=O) groups is 2. The van der Waals surface area contributed by atoms with Crippen molar-refractivity contribution in [3.05, 3.63) is 101 Å². The molecule has 0 fully saturated rings. The highest BCUT2D eigenvalue weighted by Crippen LogP contribution is 2.14. The minimum atomic E-state index is -0.720. The number of benzene rings is 3. The van der Waals surface area contributed by atoms with Crippen LogP contribution in [0.25, 0.3) is 11.0 Å². The highest BCUT2D eigenvalue weighted by molar-refractivity contribution is 6.30. The number of para-hydroxylation sites is 2. The lowest BCUT2D eigenvalue weighted by molar-refractivity contribution is 0.0971. The summed E-state index contributed by atoms with van der Waals surface area (Å²) >= 11 is 5.93. The minimum absolute atomic E-state index is 0.0216. The van der Waals surface area contributed by atoms with Crippen molar-refractivity contribution in [2.24, 2.45) is 12.0 Å². The number of hydrogen-bond acceptors (Lipinski definition) is 3. The molecule has 4 aromatic rings. The van der Waals surface area contributed by atoms with E-state index in [0.717, 1.165) is 16.6 Å². The molecule has 0 radical (unpaired) electrons. The van der Waals surface area contributed by atoms with Crippen LogP contribution in [0.15, 0.2) is 83.9 Å². The molecule has 0 unspecified atom stereocenters. The molecule has 0 saturated carbocycles. The van der Waals surface area contributed by atoms with Gasteiger partial charge in [0.25, 0.3) is 0 Å². The highest BCUT2D eigenvalue weighted by atomic mass is 35.5. The van der Waals surface area contributed by atoms with E-state index in [1.807, 2.05) is 54.6 Å². The fourth-order valence-corrected chi connectivity index (χ4v) is 3.49. The van der Waals surface area contributed by atoms with Crippen LogP contribution in [0.5, 0.6) is 0 Å². The fourth-order valence-electron chi connectivity index (χ4n) is 3.37. The molecule has 0 aliphatic carbocycles. The molecule has 1 heterocycles. The Labute approximate surface area is 184 Å². The number of rotatable bonds is 5. The number of carbonyl (C=O) groups excluding carboxylic acids is 2. The number of aromatic nitrogens is 2. The molecule has 1 amide bonds. The third-order valence-electron chi connectivity index (χ3n) is 4.94. The number of ketones is 1. The van der Waals surface area contributed by atoms with Gasteiger partial charge in [0, 0.05) is 17.6 Å². The lowest BCUT2D eigenvalue weighted by Gasteiger charge is -2.06. The normalized spacial score (nSPS) is 11.6. The third kappa shape index (κ3) is 4.59. The van der Waals surface area contributed by atoms with Gasteiger partial charge in [0.05, 0.1) is 17.6 Å². The average Bonchev–Trinajstić information content (AvgIpc) is 3.05. The molecule has 31 heavy (non-hydrogen) atoms. The molecule has 0 saturated heterocycles. The number of fused-ring (bicyclic) bond motifs is 1. The van der Waals surface area contributed by atoms with E-state index in [4.69, 9.17) is 16.3 Å². The zero-order valence-electron chi connectivity index (χ0n) is 16.9. The van der Waals surface area contributed by atoms with Gasteiger partial charge in [-0.05, 0) is 42.0 Å². The maximum Gasteiger partial charge on any atom is 0.437 e. The first-order chi connectivity index (χ1) is 15.0. The van der Waals surface area contributed by atoms with Gasteiger partial charge < -0.3 is 13.9 Å². The molecule has 4 rings (SSSR count). The first-order valence-corrected chi connectivity index (χ1v) is 10.1. The van der Waals surface area contributed by atoms with Gasteiger partial charge in [-0.3, -0.25) is 4.79 Å². The van der Waals surface area contributed by atoms with E-state index in [2.05, 4.69) is 4.99 Å². The second kappa shape index (κ2) is 9.02. The van der Waals surface area contributed by atoms with Gasteiger partial charge in [-0.25, -0.2) is 4.79 Å². The Morgan fingerprint density at radius 3 is 2.26 bits per heavy atom. The Bertz CT molecular complexity index is 1310. The van der Waals surface area contributed by atoms with E-state index in [-0.39, 0.29) is 18.9 Å². The number of imidazole rings is 1. The van der Waals surface area contributed by atoms with Crippen LogP contribution < -0.4 is 5.62 Å². The van der Waals surface area contributed by atoms with Crippen LogP contribution in [-0.2, 0) is 24.9 Å². The molecule has 0 spiro atoms. The Balaban J connectivity index is 1.68. The predicted octanol–water partition coefficient (Wildman–Crippen LogP) is 4.75. The quantitative estimate of drug-likeness (QED) is 0.426. The predicted molar refractivity (Wildman–Crippen MR) is 119 cm³/mol. The van der Waals surface area contributed by atoms with E-state index in [0.29, 0.717) is 16.2 Å². The second-order valence-corrected chi connectivity index (χ2v) is 7.45. The van der Waals surface area contributed by atoms with Gasteiger partial charge in [-0.15, -0.1) is 4.99 Å². The number of hydrogen-bond donors (Lipinski definition) is 0. The summed E-state index contributed by atoms with van der Waals surface area (Å²) in [4.78, 5) is 29.5. The summed E-state index contributed by atoms with van der Waals surface area (Å²) in [6, 6.07) is 23.7. The van der Waals surface area contributed by atoms with E-state index in [9.17, 15) is 9.59 Å². The van der Waals surface area contributed by atoms with E-state index >= 15 is 0 Å². The zero-order valence-corrected chi connectivity index (χ0v) is 17.6. The molecular weight excluding hydrogens is 414 g/mol. The summed E-state index contributed by atoms with van der Waals surface area (Å²) in [5.41, 5.74) is 3.38. The Kier molecular flexibility index (Phi) is 6.00. The molecule has 0 N–H and O–H groups in total. The van der Waals surface area contributed by atoms with Crippen molar-refractivity contribution in [1.82, 2.24) is 9.13 Å². The molecule has 1 aromatic heterocycles. The van der Waals surface area contributed by atoms with Gasteiger partial charge in [0.15, 0.2) is 5.78 Å². The van der Waals surface area contributed by atoms with E-state index in [1.165, 1.54) is 0 Å². The fraction of sp³-hybridized carbons (Fsp3) is 0.125. The van der Waals surface area contributed by atoms with Crippen molar-refractivity contribution in [3.63, 3.8) is 0 Å². The number of amides is 1. The van der Waals surface area contributed by atoms with Gasteiger partial charge >= 0.3 is 6.09 Å². The monoisotopic (exact) mass is 433 g/mol. The van der Waals surface area contributed by atoms with Crippen molar-refractivity contribution in [2.75, 3.05) is 0 Å². The van der Waals surface area contributed by atoms with E-state index in [1.54, 1.807) is 40.4 Å². The summed E-state index contributed by atoms with van der Waals surface area (Å²) < 4.78 is 8.80. The summed E-state index contributed by atoms with van der Waals surface area (Å²) in [6.45, 7) is 0.143. The first kappa shape index (κ1) is 20.6. The molecule has 0 bridgehead atoms. The number of halogens is 1. The Hall–Kier alpha value is -3.64. The summed E-state index contributed by atoms with van der Waals surface area (Å²) in [7, 11) is 1.80. The molecule has 3 aromatic carbocycles. The first-order valence-electron chi connectivity index (χ1n) is 9.71. The molecular formula is C24H20ClN3O3. The number of Topliss-reactive ketones (excluding diaryl/α,β-unsaturated/α-hetero) is 1. The van der Waals surface area contributed by atoms with Crippen LogP contribution in [0.2, 0.25) is 5.02 Å². The Morgan fingerprint density at radius 1 is 0.903 bits per heavy atom. The van der Waals surface area contributed by atoms with Crippen LogP contribution >= 0.6 is 11.6 Å². The lowest BCUT2D eigenvalue weighted by atomic mass is 10.1. The maximum absolute atomic E-state index is 12.9. The van der Waals surface area contributed by atoms with Crippen LogP contribution in [0, 0.1) is 0 Å². The average molecular weight is 434 g/mol. The zero-order chi connectivity index (χ0) is 21.8. The summed E-state index contributed by atoms with van der Waals surface area (Å²) in [6.07, 6.45) is -0.720. The molecule has 6 nitrogen and oxygen atoms in total.